The average molecular weight is 290 g/mol. The first kappa shape index (κ1) is 10.9. The van der Waals surface area contributed by atoms with E-state index in [1.54, 1.807) is 6.07 Å². The summed E-state index contributed by atoms with van der Waals surface area (Å²) < 4.78 is 0.659. The summed E-state index contributed by atoms with van der Waals surface area (Å²) in [6.45, 7) is 1.66. The van der Waals surface area contributed by atoms with E-state index in [2.05, 4.69) is 20.9 Å². The van der Waals surface area contributed by atoms with Gasteiger partial charge in [0.15, 0.2) is 0 Å². The van der Waals surface area contributed by atoms with Crippen molar-refractivity contribution in [2.45, 2.75) is 12.8 Å². The Morgan fingerprint density at radius 1 is 1.47 bits per heavy atom. The molecule has 1 aromatic heterocycles. The minimum atomic E-state index is -0.0176. The SMILES string of the molecule is O=C(c1ncc(Cl)cc1Br)N1CCCC1. The first-order valence-electron chi connectivity index (χ1n) is 4.79. The Morgan fingerprint density at radius 3 is 2.73 bits per heavy atom. The number of likely N-dealkylation sites (tertiary alicyclic amines) is 1. The van der Waals surface area contributed by atoms with Crippen molar-refractivity contribution in [3.8, 4) is 0 Å². The first-order chi connectivity index (χ1) is 7.18. The number of carbonyl (C=O) groups excluding carboxylic acids is 1. The smallest absolute Gasteiger partial charge is 0.273 e. The highest BCUT2D eigenvalue weighted by Crippen LogP contribution is 2.21. The largest absolute Gasteiger partial charge is 0.337 e. The first-order valence-corrected chi connectivity index (χ1v) is 5.96. The van der Waals surface area contributed by atoms with Crippen LogP contribution in [0.4, 0.5) is 0 Å². The van der Waals surface area contributed by atoms with E-state index in [4.69, 9.17) is 11.6 Å². The molecule has 0 N–H and O–H groups in total. The summed E-state index contributed by atoms with van der Waals surface area (Å²) in [4.78, 5) is 17.8. The number of hydrogen-bond donors (Lipinski definition) is 0. The van der Waals surface area contributed by atoms with Gasteiger partial charge in [-0.3, -0.25) is 4.79 Å². The number of halogens is 2. The van der Waals surface area contributed by atoms with Crippen molar-refractivity contribution in [2.75, 3.05) is 13.1 Å². The molecule has 0 aliphatic carbocycles. The van der Waals surface area contributed by atoms with E-state index >= 15 is 0 Å². The molecule has 1 fully saturated rings. The Kier molecular flexibility index (Phi) is 3.26. The van der Waals surface area contributed by atoms with E-state index < -0.39 is 0 Å². The van der Waals surface area contributed by atoms with Crippen LogP contribution in [-0.4, -0.2) is 28.9 Å². The fourth-order valence-corrected chi connectivity index (χ4v) is 2.45. The Labute approximate surface area is 102 Å². The molecule has 1 amide bonds. The second kappa shape index (κ2) is 4.49. The molecule has 2 rings (SSSR count). The van der Waals surface area contributed by atoms with E-state index in [9.17, 15) is 4.79 Å². The highest BCUT2D eigenvalue weighted by Gasteiger charge is 2.22. The lowest BCUT2D eigenvalue weighted by Crippen LogP contribution is -2.28. The topological polar surface area (TPSA) is 33.2 Å². The Bertz CT molecular complexity index is 391. The number of aromatic nitrogens is 1. The van der Waals surface area contributed by atoms with Crippen LogP contribution in [0.25, 0.3) is 0 Å². The number of hydrogen-bond acceptors (Lipinski definition) is 2. The standard InChI is InChI=1S/C10H10BrClN2O/c11-8-5-7(12)6-13-9(8)10(15)14-3-1-2-4-14/h5-6H,1-4H2. The summed E-state index contributed by atoms with van der Waals surface area (Å²) in [6.07, 6.45) is 3.66. The van der Waals surface area contributed by atoms with Crippen molar-refractivity contribution in [3.05, 3.63) is 27.5 Å². The van der Waals surface area contributed by atoms with Gasteiger partial charge in [-0.1, -0.05) is 11.6 Å². The average Bonchev–Trinajstić information content (AvgIpc) is 2.69. The summed E-state index contributed by atoms with van der Waals surface area (Å²) in [5.41, 5.74) is 0.446. The van der Waals surface area contributed by atoms with E-state index in [-0.39, 0.29) is 5.91 Å². The zero-order valence-electron chi connectivity index (χ0n) is 8.04. The van der Waals surface area contributed by atoms with Gasteiger partial charge in [-0.15, -0.1) is 0 Å². The maximum Gasteiger partial charge on any atom is 0.273 e. The normalized spacial score (nSPS) is 15.7. The zero-order chi connectivity index (χ0) is 10.8. The molecule has 0 radical (unpaired) electrons. The van der Waals surface area contributed by atoms with Crippen LogP contribution < -0.4 is 0 Å². The molecule has 15 heavy (non-hydrogen) atoms. The highest BCUT2D eigenvalue weighted by molar-refractivity contribution is 9.10. The van der Waals surface area contributed by atoms with Gasteiger partial charge in [-0.2, -0.15) is 0 Å². The van der Waals surface area contributed by atoms with Crippen LogP contribution in [0.3, 0.4) is 0 Å². The van der Waals surface area contributed by atoms with Crippen LogP contribution in [0.2, 0.25) is 5.02 Å². The zero-order valence-corrected chi connectivity index (χ0v) is 10.4. The summed E-state index contributed by atoms with van der Waals surface area (Å²) in [6, 6.07) is 1.69. The second-order valence-electron chi connectivity index (χ2n) is 3.48. The number of nitrogens with zero attached hydrogens (tertiary/aromatic N) is 2. The van der Waals surface area contributed by atoms with Gasteiger partial charge in [0.1, 0.15) is 5.69 Å². The van der Waals surface area contributed by atoms with Crippen molar-refractivity contribution in [3.63, 3.8) is 0 Å². The molecular formula is C10H10BrClN2O. The summed E-state index contributed by atoms with van der Waals surface area (Å²) in [5, 5.41) is 0.528. The molecule has 1 aromatic rings. The molecule has 0 saturated carbocycles. The lowest BCUT2D eigenvalue weighted by molar-refractivity contribution is 0.0786. The summed E-state index contributed by atoms with van der Waals surface area (Å²) in [5.74, 6) is -0.0176. The van der Waals surface area contributed by atoms with Crippen LogP contribution in [0.5, 0.6) is 0 Å². The molecule has 80 valence electrons. The van der Waals surface area contributed by atoms with Crippen LogP contribution in [0.15, 0.2) is 16.7 Å². The third-order valence-corrected chi connectivity index (χ3v) is 3.21. The maximum atomic E-state index is 12.0. The van der Waals surface area contributed by atoms with E-state index in [0.717, 1.165) is 25.9 Å². The van der Waals surface area contributed by atoms with Gasteiger partial charge < -0.3 is 4.90 Å². The minimum absolute atomic E-state index is 0.0176. The molecule has 2 heterocycles. The highest BCUT2D eigenvalue weighted by atomic mass is 79.9. The van der Waals surface area contributed by atoms with Crippen LogP contribution in [0, 0.1) is 0 Å². The van der Waals surface area contributed by atoms with Crippen LogP contribution >= 0.6 is 27.5 Å². The molecule has 1 aliphatic rings. The molecule has 0 spiro atoms. The number of amides is 1. The van der Waals surface area contributed by atoms with E-state index in [1.165, 1.54) is 6.20 Å². The molecule has 0 bridgehead atoms. The van der Waals surface area contributed by atoms with Crippen molar-refractivity contribution < 1.29 is 4.79 Å². The van der Waals surface area contributed by atoms with Crippen molar-refractivity contribution in [1.82, 2.24) is 9.88 Å². The third kappa shape index (κ3) is 2.32. The molecule has 0 aromatic carbocycles. The third-order valence-electron chi connectivity index (χ3n) is 2.40. The number of rotatable bonds is 1. The second-order valence-corrected chi connectivity index (χ2v) is 4.77. The fourth-order valence-electron chi connectivity index (χ4n) is 1.64. The minimum Gasteiger partial charge on any atom is -0.337 e. The Balaban J connectivity index is 2.24. The molecule has 1 aliphatic heterocycles. The number of pyridine rings is 1. The van der Waals surface area contributed by atoms with E-state index in [0.29, 0.717) is 15.2 Å². The number of carbonyl (C=O) groups is 1. The predicted molar refractivity (Wildman–Crippen MR) is 62.1 cm³/mol. The molecule has 1 saturated heterocycles. The Morgan fingerprint density at radius 2 is 2.13 bits per heavy atom. The van der Waals surface area contributed by atoms with Crippen molar-refractivity contribution >= 4 is 33.4 Å². The fraction of sp³-hybridized carbons (Fsp3) is 0.400. The maximum absolute atomic E-state index is 12.0. The monoisotopic (exact) mass is 288 g/mol. The van der Waals surface area contributed by atoms with Gasteiger partial charge in [0.2, 0.25) is 0 Å². The predicted octanol–water partition coefficient (Wildman–Crippen LogP) is 2.73. The van der Waals surface area contributed by atoms with Crippen molar-refractivity contribution in [1.29, 1.82) is 0 Å². The lowest BCUT2D eigenvalue weighted by Gasteiger charge is -2.15. The summed E-state index contributed by atoms with van der Waals surface area (Å²) in [7, 11) is 0. The summed E-state index contributed by atoms with van der Waals surface area (Å²) >= 11 is 9.06. The Hall–Kier alpha value is -0.610. The van der Waals surface area contributed by atoms with Gasteiger partial charge in [-0.25, -0.2) is 4.98 Å². The molecule has 0 atom stereocenters. The van der Waals surface area contributed by atoms with E-state index in [1.807, 2.05) is 4.90 Å². The van der Waals surface area contributed by atoms with Gasteiger partial charge in [-0.05, 0) is 34.8 Å². The molecule has 5 heteroatoms. The quantitative estimate of drug-likeness (QED) is 0.796. The molecular weight excluding hydrogens is 279 g/mol. The molecule has 0 unspecified atom stereocenters. The van der Waals surface area contributed by atoms with Crippen LogP contribution in [-0.2, 0) is 0 Å². The lowest BCUT2D eigenvalue weighted by atomic mass is 10.3. The van der Waals surface area contributed by atoms with Crippen molar-refractivity contribution in [2.24, 2.45) is 0 Å². The van der Waals surface area contributed by atoms with Crippen LogP contribution in [0.1, 0.15) is 23.3 Å². The van der Waals surface area contributed by atoms with Gasteiger partial charge in [0.25, 0.3) is 5.91 Å². The molecule has 3 nitrogen and oxygen atoms in total. The van der Waals surface area contributed by atoms with Gasteiger partial charge in [0, 0.05) is 19.3 Å². The van der Waals surface area contributed by atoms with Gasteiger partial charge >= 0.3 is 0 Å². The van der Waals surface area contributed by atoms with Gasteiger partial charge in [0.05, 0.1) is 9.50 Å².